The third-order valence-electron chi connectivity index (χ3n) is 0.616. The van der Waals surface area contributed by atoms with Gasteiger partial charge in [-0.2, -0.15) is 0 Å². The summed E-state index contributed by atoms with van der Waals surface area (Å²) in [5.74, 6) is 0. The van der Waals surface area contributed by atoms with Crippen LogP contribution in [0.1, 0.15) is 6.42 Å². The summed E-state index contributed by atoms with van der Waals surface area (Å²) in [5.41, 5.74) is 0. The molecule has 27 valence electrons. The van der Waals surface area contributed by atoms with E-state index in [-0.39, 0.29) is 0 Å². The molecule has 0 saturated carbocycles. The second kappa shape index (κ2) is 1.15. The molecule has 0 aromatic heterocycles. The van der Waals surface area contributed by atoms with Gasteiger partial charge in [0.25, 0.3) is 0 Å². The van der Waals surface area contributed by atoms with Crippen LogP contribution in [0.3, 0.4) is 0 Å². The predicted octanol–water partition coefficient (Wildman–Crippen LogP) is 0.178. The second-order valence-corrected chi connectivity index (χ2v) is 1.08. The SMILES string of the molecule is C1CN=[N+]C1. The number of hydrogen-bond donors (Lipinski definition) is 0. The topological polar surface area (TPSA) is 26.5 Å². The fourth-order valence-corrected chi connectivity index (χ4v) is 0.354. The van der Waals surface area contributed by atoms with Crippen LogP contribution in [-0.4, -0.2) is 13.1 Å². The molecule has 0 bridgehead atoms. The molecular weight excluding hydrogens is 64.0 g/mol. The van der Waals surface area contributed by atoms with Gasteiger partial charge in [0.15, 0.2) is 5.11 Å². The first-order chi connectivity index (χ1) is 2.50. The van der Waals surface area contributed by atoms with E-state index in [4.69, 9.17) is 0 Å². The van der Waals surface area contributed by atoms with Gasteiger partial charge in [0.05, 0.1) is 0 Å². The minimum atomic E-state index is 0.958. The fourth-order valence-electron chi connectivity index (χ4n) is 0.354. The van der Waals surface area contributed by atoms with E-state index < -0.39 is 0 Å². The summed E-state index contributed by atoms with van der Waals surface area (Å²) in [4.78, 5) is 0. The first kappa shape index (κ1) is 2.82. The highest BCUT2D eigenvalue weighted by molar-refractivity contribution is 4.46. The van der Waals surface area contributed by atoms with Gasteiger partial charge in [-0.3, -0.25) is 0 Å². The van der Waals surface area contributed by atoms with Gasteiger partial charge in [-0.1, -0.05) is 0 Å². The van der Waals surface area contributed by atoms with Gasteiger partial charge in [0, 0.05) is 11.5 Å². The lowest BCUT2D eigenvalue weighted by Crippen LogP contribution is -1.77. The van der Waals surface area contributed by atoms with Gasteiger partial charge >= 0.3 is 0 Å². The molecular formula is C3H6N2+. The van der Waals surface area contributed by atoms with Gasteiger partial charge in [0.2, 0.25) is 6.54 Å². The molecule has 0 spiro atoms. The Hall–Kier alpha value is -0.400. The summed E-state index contributed by atoms with van der Waals surface area (Å²) in [6, 6.07) is 0. The lowest BCUT2D eigenvalue weighted by molar-refractivity contribution is 0.932. The Balaban J connectivity index is 2.32. The minimum absolute atomic E-state index is 0.958. The first-order valence-corrected chi connectivity index (χ1v) is 1.83. The van der Waals surface area contributed by atoms with Crippen molar-refractivity contribution in [1.82, 2.24) is 5.11 Å². The molecule has 0 unspecified atom stereocenters. The molecule has 0 aliphatic carbocycles. The summed E-state index contributed by atoms with van der Waals surface area (Å²) in [7, 11) is 0. The minimum Gasteiger partial charge on any atom is 0.0253 e. The molecule has 1 rings (SSSR count). The Kier molecular flexibility index (Phi) is 0.648. The molecule has 0 N–H and O–H groups in total. The average Bonchev–Trinajstić information content (AvgIpc) is 1.76. The van der Waals surface area contributed by atoms with Crippen LogP contribution in [0.15, 0.2) is 5.11 Å². The molecule has 1 aliphatic rings. The van der Waals surface area contributed by atoms with Crippen molar-refractivity contribution in [3.63, 3.8) is 0 Å². The predicted molar refractivity (Wildman–Crippen MR) is 18.9 cm³/mol. The zero-order valence-corrected chi connectivity index (χ0v) is 3.02. The van der Waals surface area contributed by atoms with Crippen LogP contribution < -0.4 is 5.11 Å². The average molecular weight is 70.1 g/mol. The van der Waals surface area contributed by atoms with Crippen molar-refractivity contribution in [3.05, 3.63) is 0 Å². The van der Waals surface area contributed by atoms with Crippen molar-refractivity contribution in [2.45, 2.75) is 6.42 Å². The van der Waals surface area contributed by atoms with E-state index in [1.54, 1.807) is 0 Å². The Labute approximate surface area is 30.9 Å². The van der Waals surface area contributed by atoms with Gasteiger partial charge in [0.1, 0.15) is 6.54 Å². The molecule has 0 saturated heterocycles. The molecule has 1 heterocycles. The van der Waals surface area contributed by atoms with Crippen LogP contribution in [0.4, 0.5) is 0 Å². The summed E-state index contributed by atoms with van der Waals surface area (Å²) >= 11 is 0. The normalized spacial score (nSPS) is 20.8. The smallest absolute Gasteiger partial charge is 0.0253 e. The summed E-state index contributed by atoms with van der Waals surface area (Å²) in [6.45, 7) is 1.92. The maximum absolute atomic E-state index is 3.71. The molecule has 0 aromatic rings. The second-order valence-electron chi connectivity index (χ2n) is 1.08. The van der Waals surface area contributed by atoms with Crippen molar-refractivity contribution in [1.29, 1.82) is 0 Å². The molecule has 0 atom stereocenters. The maximum atomic E-state index is 3.71. The molecule has 0 fully saturated rings. The lowest BCUT2D eigenvalue weighted by Gasteiger charge is -1.53. The van der Waals surface area contributed by atoms with E-state index in [1.165, 1.54) is 6.42 Å². The number of nitrogens with zero attached hydrogens (tertiary/aromatic N) is 2. The van der Waals surface area contributed by atoms with E-state index in [1.807, 2.05) is 0 Å². The van der Waals surface area contributed by atoms with Crippen molar-refractivity contribution in [2.24, 2.45) is 5.11 Å². The third-order valence-corrected chi connectivity index (χ3v) is 0.616. The van der Waals surface area contributed by atoms with Crippen LogP contribution in [0.2, 0.25) is 0 Å². The monoisotopic (exact) mass is 70.1 g/mol. The Morgan fingerprint density at radius 3 is 2.80 bits per heavy atom. The van der Waals surface area contributed by atoms with Crippen LogP contribution >= 0.6 is 0 Å². The molecule has 1 radical (unpaired) electrons. The van der Waals surface area contributed by atoms with E-state index in [0.29, 0.717) is 0 Å². The van der Waals surface area contributed by atoms with Crippen molar-refractivity contribution in [2.75, 3.05) is 13.1 Å². The zero-order valence-electron chi connectivity index (χ0n) is 3.02. The van der Waals surface area contributed by atoms with Crippen molar-refractivity contribution >= 4 is 0 Å². The highest BCUT2D eigenvalue weighted by Gasteiger charge is 2.02. The van der Waals surface area contributed by atoms with Crippen LogP contribution in [-0.2, 0) is 0 Å². The summed E-state index contributed by atoms with van der Waals surface area (Å²) in [6.07, 6.45) is 1.17. The lowest BCUT2D eigenvalue weighted by atomic mass is 10.5. The number of hydrogen-bond acceptors (Lipinski definition) is 2. The standard InChI is InChI=1S/C3H6N2/c1-2-4-5-3-1/h1-3H2/q+1. The Bertz CT molecular complexity index is 42.9. The Morgan fingerprint density at radius 1 is 1.60 bits per heavy atom. The van der Waals surface area contributed by atoms with Gasteiger partial charge in [-0.05, 0) is 0 Å². The Morgan fingerprint density at radius 2 is 2.60 bits per heavy atom. The largest absolute Gasteiger partial charge is 0.245 e. The molecule has 1 aliphatic heterocycles. The van der Waals surface area contributed by atoms with E-state index >= 15 is 0 Å². The number of azo groups is 1. The maximum Gasteiger partial charge on any atom is 0.245 e. The molecule has 2 heteroatoms. The van der Waals surface area contributed by atoms with E-state index in [2.05, 4.69) is 10.2 Å². The van der Waals surface area contributed by atoms with Crippen molar-refractivity contribution < 1.29 is 0 Å². The molecule has 0 amide bonds. The third kappa shape index (κ3) is 0.436. The fraction of sp³-hybridized carbons (Fsp3) is 1.00. The highest BCUT2D eigenvalue weighted by Crippen LogP contribution is 1.82. The molecule has 2 nitrogen and oxygen atoms in total. The number of rotatable bonds is 0. The van der Waals surface area contributed by atoms with Gasteiger partial charge < -0.3 is 0 Å². The van der Waals surface area contributed by atoms with Crippen LogP contribution in [0.5, 0.6) is 0 Å². The summed E-state index contributed by atoms with van der Waals surface area (Å²) in [5, 5.41) is 7.42. The first-order valence-electron chi connectivity index (χ1n) is 1.83. The van der Waals surface area contributed by atoms with Crippen LogP contribution in [0.25, 0.3) is 0 Å². The summed E-state index contributed by atoms with van der Waals surface area (Å²) < 4.78 is 0. The van der Waals surface area contributed by atoms with E-state index in [0.717, 1.165) is 13.1 Å². The molecule has 0 aromatic carbocycles. The van der Waals surface area contributed by atoms with E-state index in [9.17, 15) is 0 Å². The van der Waals surface area contributed by atoms with Gasteiger partial charge in [-0.25, -0.2) is 0 Å². The highest BCUT2D eigenvalue weighted by atomic mass is 15.1. The van der Waals surface area contributed by atoms with Crippen molar-refractivity contribution in [3.8, 4) is 0 Å². The molecule has 5 heavy (non-hydrogen) atoms. The van der Waals surface area contributed by atoms with Crippen LogP contribution in [0, 0.1) is 0 Å². The quantitative estimate of drug-likeness (QED) is 0.388. The van der Waals surface area contributed by atoms with Gasteiger partial charge in [-0.15, -0.1) is 0 Å². The zero-order chi connectivity index (χ0) is 3.54.